The van der Waals surface area contributed by atoms with Crippen molar-refractivity contribution in [2.75, 3.05) is 6.61 Å². The van der Waals surface area contributed by atoms with Crippen LogP contribution in [0.1, 0.15) is 48.0 Å². The van der Waals surface area contributed by atoms with Gasteiger partial charge in [-0.3, -0.25) is 24.0 Å². The minimum atomic E-state index is -1.34. The lowest BCUT2D eigenvalue weighted by Crippen LogP contribution is -2.73. The first-order valence-corrected chi connectivity index (χ1v) is 11.9. The summed E-state index contributed by atoms with van der Waals surface area (Å²) >= 11 is 0. The number of hydrogen-bond acceptors (Lipinski definition) is 10. The van der Waals surface area contributed by atoms with Crippen molar-refractivity contribution >= 4 is 35.4 Å². The van der Waals surface area contributed by atoms with Crippen molar-refractivity contribution in [2.45, 2.75) is 66.3 Å². The lowest BCUT2D eigenvalue weighted by atomic mass is 9.40. The monoisotopic (exact) mass is 502 g/mol. The first kappa shape index (κ1) is 25.8. The number of hydrogen-bond donors (Lipinski definition) is 0. The summed E-state index contributed by atoms with van der Waals surface area (Å²) in [7, 11) is 0. The zero-order valence-electron chi connectivity index (χ0n) is 21.1. The Balaban J connectivity index is 2.03. The van der Waals surface area contributed by atoms with Crippen LogP contribution >= 0.6 is 0 Å². The van der Waals surface area contributed by atoms with Gasteiger partial charge in [-0.1, -0.05) is 19.4 Å². The molecule has 194 valence electrons. The highest BCUT2D eigenvalue weighted by molar-refractivity contribution is 6.00. The van der Waals surface area contributed by atoms with E-state index >= 15 is 0 Å². The Labute approximate surface area is 208 Å². The van der Waals surface area contributed by atoms with Crippen molar-refractivity contribution in [1.82, 2.24) is 0 Å². The minimum Gasteiger partial charge on any atom is -0.465 e. The molecule has 10 nitrogen and oxygen atoms in total. The van der Waals surface area contributed by atoms with Crippen LogP contribution in [0, 0.1) is 28.6 Å². The van der Waals surface area contributed by atoms with Crippen molar-refractivity contribution in [3.8, 4) is 0 Å². The van der Waals surface area contributed by atoms with Gasteiger partial charge in [0.05, 0.1) is 5.41 Å². The average Bonchev–Trinajstić information content (AvgIpc) is 2.76. The maximum Gasteiger partial charge on any atom is 0.331 e. The Hall–Kier alpha value is -3.30. The van der Waals surface area contributed by atoms with Gasteiger partial charge in [-0.15, -0.1) is 0 Å². The van der Waals surface area contributed by atoms with Crippen LogP contribution in [0.25, 0.3) is 0 Å². The van der Waals surface area contributed by atoms with E-state index in [9.17, 15) is 28.8 Å². The van der Waals surface area contributed by atoms with E-state index in [1.54, 1.807) is 20.8 Å². The Kier molecular flexibility index (Phi) is 6.21. The summed E-state index contributed by atoms with van der Waals surface area (Å²) in [6.45, 7) is 8.38. The van der Waals surface area contributed by atoms with Crippen LogP contribution in [0.5, 0.6) is 0 Å². The normalized spacial score (nSPS) is 39.0. The molecule has 2 saturated carbocycles. The molecular weight excluding hydrogens is 472 g/mol. The molecule has 0 saturated heterocycles. The predicted molar refractivity (Wildman–Crippen MR) is 121 cm³/mol. The third kappa shape index (κ3) is 3.60. The van der Waals surface area contributed by atoms with E-state index < -0.39 is 82.3 Å². The van der Waals surface area contributed by atoms with Crippen molar-refractivity contribution in [2.24, 2.45) is 28.6 Å². The summed E-state index contributed by atoms with van der Waals surface area (Å²) in [5, 5.41) is 0. The van der Waals surface area contributed by atoms with E-state index in [0.29, 0.717) is 11.1 Å². The van der Waals surface area contributed by atoms with E-state index in [1.165, 1.54) is 32.9 Å². The zero-order chi connectivity index (χ0) is 26.7. The van der Waals surface area contributed by atoms with Crippen molar-refractivity contribution < 1.29 is 47.7 Å². The Bertz CT molecular complexity index is 1130. The highest BCUT2D eigenvalue weighted by Gasteiger charge is 2.74. The fourth-order valence-electron chi connectivity index (χ4n) is 7.14. The van der Waals surface area contributed by atoms with E-state index in [-0.39, 0.29) is 13.0 Å². The Morgan fingerprint density at radius 3 is 2.25 bits per heavy atom. The molecule has 0 aromatic carbocycles. The predicted octanol–water partition coefficient (Wildman–Crippen LogP) is 1.64. The maximum absolute atomic E-state index is 14.3. The molecule has 36 heavy (non-hydrogen) atoms. The van der Waals surface area contributed by atoms with Crippen LogP contribution in [-0.2, 0) is 47.7 Å². The molecule has 8 atom stereocenters. The second-order valence-electron chi connectivity index (χ2n) is 10.4. The van der Waals surface area contributed by atoms with Gasteiger partial charge in [-0.05, 0) is 30.9 Å². The topological polar surface area (TPSA) is 139 Å². The van der Waals surface area contributed by atoms with Gasteiger partial charge in [0.25, 0.3) is 0 Å². The molecule has 0 aromatic rings. The summed E-state index contributed by atoms with van der Waals surface area (Å²) in [5.74, 6) is -5.96. The van der Waals surface area contributed by atoms with E-state index in [4.69, 9.17) is 18.9 Å². The van der Waals surface area contributed by atoms with Gasteiger partial charge >= 0.3 is 23.9 Å². The van der Waals surface area contributed by atoms with Crippen LogP contribution < -0.4 is 0 Å². The molecule has 1 heterocycles. The molecule has 0 amide bonds. The molecule has 0 radical (unpaired) electrons. The van der Waals surface area contributed by atoms with Crippen LogP contribution in [0.4, 0.5) is 0 Å². The summed E-state index contributed by atoms with van der Waals surface area (Å²) in [4.78, 5) is 76.3. The third-order valence-corrected chi connectivity index (χ3v) is 8.33. The Morgan fingerprint density at radius 2 is 1.67 bits per heavy atom. The van der Waals surface area contributed by atoms with Crippen molar-refractivity contribution in [3.63, 3.8) is 0 Å². The van der Waals surface area contributed by atoms with Crippen LogP contribution in [0.15, 0.2) is 23.3 Å². The molecular formula is C26H30O10. The lowest BCUT2D eigenvalue weighted by molar-refractivity contribution is -0.223. The molecule has 8 unspecified atom stereocenters. The molecule has 0 bridgehead atoms. The molecule has 3 aliphatic carbocycles. The third-order valence-electron chi connectivity index (χ3n) is 8.33. The number of Topliss-reactive ketones (excluding diaryl/α,β-unsaturated/α-hetero) is 1. The van der Waals surface area contributed by atoms with Gasteiger partial charge in [0.1, 0.15) is 12.7 Å². The zero-order valence-corrected chi connectivity index (χ0v) is 21.1. The molecule has 0 aromatic heterocycles. The summed E-state index contributed by atoms with van der Waals surface area (Å²) in [5.41, 5.74) is -1.55. The molecule has 4 aliphatic rings. The van der Waals surface area contributed by atoms with Crippen LogP contribution in [0.2, 0.25) is 0 Å². The number of esters is 4. The average molecular weight is 503 g/mol. The highest BCUT2D eigenvalue weighted by atomic mass is 16.6. The fourth-order valence-corrected chi connectivity index (χ4v) is 7.14. The second kappa shape index (κ2) is 8.67. The van der Waals surface area contributed by atoms with Gasteiger partial charge in [0.2, 0.25) is 0 Å². The lowest BCUT2D eigenvalue weighted by Gasteiger charge is -2.65. The molecule has 2 fully saturated rings. The number of fused-ring (bicyclic) bond motifs is 2. The van der Waals surface area contributed by atoms with E-state index in [0.717, 1.165) is 0 Å². The standard InChI is InChI=1S/C26H30O10/c1-11-7-18(30)24(35-15(5)29)25(6)16(11)8-19-26(10-33-13(3)27)17(9-20(31)36-19)12(2)22(34-14(4)28)21(32)23(25)26/h7,9,12,16,19,22-24H,8,10H2,1-6H3. The maximum atomic E-state index is 14.3. The number of allylic oxidation sites excluding steroid dienone is 1. The van der Waals surface area contributed by atoms with E-state index in [2.05, 4.69) is 0 Å². The van der Waals surface area contributed by atoms with Crippen molar-refractivity contribution in [3.05, 3.63) is 23.3 Å². The molecule has 0 spiro atoms. The number of rotatable bonds is 4. The second-order valence-corrected chi connectivity index (χ2v) is 10.4. The Morgan fingerprint density at radius 1 is 1.03 bits per heavy atom. The van der Waals surface area contributed by atoms with Gasteiger partial charge in [-0.2, -0.15) is 0 Å². The summed E-state index contributed by atoms with van der Waals surface area (Å²) < 4.78 is 22.3. The quantitative estimate of drug-likeness (QED) is 0.412. The molecule has 10 heteroatoms. The van der Waals surface area contributed by atoms with Gasteiger partial charge < -0.3 is 18.9 Å². The first-order chi connectivity index (χ1) is 16.7. The van der Waals surface area contributed by atoms with Gasteiger partial charge in [0.15, 0.2) is 23.8 Å². The van der Waals surface area contributed by atoms with Crippen molar-refractivity contribution in [1.29, 1.82) is 0 Å². The SMILES string of the molecule is CC(=O)OCC12C3=CC(=O)OC1CC1C(C)=CC(=O)C(OC(C)=O)C1(C)C2C(=O)C(OC(C)=O)C3C. The molecule has 1 aliphatic heterocycles. The molecule has 0 N–H and O–H groups in total. The van der Waals surface area contributed by atoms with Crippen LogP contribution in [-0.4, -0.2) is 60.4 Å². The number of carbonyl (C=O) groups is 6. The minimum absolute atomic E-state index is 0.211. The number of ketones is 2. The first-order valence-electron chi connectivity index (χ1n) is 11.9. The number of ether oxygens (including phenoxy) is 4. The molecule has 4 rings (SSSR count). The highest BCUT2D eigenvalue weighted by Crippen LogP contribution is 2.67. The van der Waals surface area contributed by atoms with Gasteiger partial charge in [-0.25, -0.2) is 4.79 Å². The largest absolute Gasteiger partial charge is 0.465 e. The van der Waals surface area contributed by atoms with Gasteiger partial charge in [0, 0.05) is 44.1 Å². The van der Waals surface area contributed by atoms with E-state index in [1.807, 2.05) is 0 Å². The van der Waals surface area contributed by atoms with Crippen LogP contribution in [0.3, 0.4) is 0 Å². The summed E-state index contributed by atoms with van der Waals surface area (Å²) in [6, 6.07) is 0. The summed E-state index contributed by atoms with van der Waals surface area (Å²) in [6.07, 6.45) is -0.586. The number of carbonyl (C=O) groups excluding carboxylic acids is 6. The fraction of sp³-hybridized carbons (Fsp3) is 0.615. The smallest absolute Gasteiger partial charge is 0.331 e.